The van der Waals surface area contributed by atoms with Crippen LogP contribution in [-0.4, -0.2) is 48.4 Å². The molecule has 3 aromatic carbocycles. The minimum Gasteiger partial charge on any atom is -0.478 e. The number of H-pyrrole nitrogens is 1. The van der Waals surface area contributed by atoms with E-state index in [2.05, 4.69) is 31.1 Å². The number of nitrogens with one attached hydrogen (secondary N) is 4. The summed E-state index contributed by atoms with van der Waals surface area (Å²) in [6, 6.07) is 11.2. The number of fused-ring (bicyclic) bond motifs is 1. The molecule has 0 unspecified atom stereocenters. The Bertz CT molecular complexity index is 2110. The number of nitrogens with two attached hydrogens (primary N) is 2. The van der Waals surface area contributed by atoms with Gasteiger partial charge < -0.3 is 32.5 Å². The Labute approximate surface area is 244 Å². The summed E-state index contributed by atoms with van der Waals surface area (Å²) in [6.07, 6.45) is 0. The van der Waals surface area contributed by atoms with Crippen LogP contribution in [0.3, 0.4) is 0 Å². The zero-order valence-electron chi connectivity index (χ0n) is 22.3. The monoisotopic (exact) mass is 599 g/mol. The van der Waals surface area contributed by atoms with E-state index in [1.165, 1.54) is 24.3 Å². The number of carboxylic acid groups (broad SMARTS) is 1. The number of aromatic amines is 1. The number of anilines is 3. The van der Waals surface area contributed by atoms with Gasteiger partial charge in [-0.05, 0) is 41.5 Å². The Kier molecular flexibility index (Phi) is 7.42. The van der Waals surface area contributed by atoms with E-state index in [9.17, 15) is 33.6 Å². The third kappa shape index (κ3) is 5.47. The van der Waals surface area contributed by atoms with E-state index in [4.69, 9.17) is 16.6 Å². The lowest BCUT2D eigenvalue weighted by Gasteiger charge is -2.17. The molecule has 0 aliphatic heterocycles. The van der Waals surface area contributed by atoms with Gasteiger partial charge in [0.15, 0.2) is 0 Å². The molecule has 2 aromatic heterocycles. The SMILES string of the molecule is NC(=O)[C@H](NC(=O)c1cc(C(=O)NCc2cccc(Nc3c(N)c(=O)c3=O)c2)nc2n[nH]c(=O)n12)c1ccc(C(=O)O)cc1. The number of aromatic carboxylic acids is 1. The molecular weight excluding hydrogens is 578 g/mol. The van der Waals surface area contributed by atoms with Crippen LogP contribution in [0.5, 0.6) is 0 Å². The van der Waals surface area contributed by atoms with Gasteiger partial charge in [-0.15, -0.1) is 5.10 Å². The number of rotatable bonds is 10. The molecule has 3 amide bonds. The lowest BCUT2D eigenvalue weighted by Crippen LogP contribution is -2.39. The van der Waals surface area contributed by atoms with Crippen LogP contribution in [0, 0.1) is 0 Å². The number of amides is 3. The van der Waals surface area contributed by atoms with E-state index >= 15 is 0 Å². The Morgan fingerprint density at radius 3 is 2.36 bits per heavy atom. The summed E-state index contributed by atoms with van der Waals surface area (Å²) in [4.78, 5) is 89.2. The molecule has 2 heterocycles. The summed E-state index contributed by atoms with van der Waals surface area (Å²) in [5.41, 5.74) is 8.90. The minimum atomic E-state index is -1.42. The molecule has 1 atom stereocenters. The lowest BCUT2D eigenvalue weighted by atomic mass is 10.0. The van der Waals surface area contributed by atoms with Crippen molar-refractivity contribution in [3.63, 3.8) is 0 Å². The molecular formula is C27H21N9O8. The summed E-state index contributed by atoms with van der Waals surface area (Å²) in [5, 5.41) is 22.7. The number of hydrogen-bond acceptors (Lipinski definition) is 11. The maximum atomic E-state index is 13.3. The minimum absolute atomic E-state index is 0.0235. The van der Waals surface area contributed by atoms with Gasteiger partial charge in [0.1, 0.15) is 28.8 Å². The first kappa shape index (κ1) is 28.9. The van der Waals surface area contributed by atoms with E-state index in [0.29, 0.717) is 11.3 Å². The van der Waals surface area contributed by atoms with Crippen molar-refractivity contribution >= 4 is 46.5 Å². The number of primary amides is 1. The van der Waals surface area contributed by atoms with Gasteiger partial charge in [0, 0.05) is 12.2 Å². The van der Waals surface area contributed by atoms with E-state index in [1.807, 2.05) is 0 Å². The van der Waals surface area contributed by atoms with Crippen molar-refractivity contribution in [2.24, 2.45) is 5.73 Å². The number of nitrogen functional groups attached to an aromatic ring is 1. The Hall–Kier alpha value is -6.65. The number of hydrogen-bond donors (Lipinski definition) is 7. The van der Waals surface area contributed by atoms with Gasteiger partial charge in [-0.25, -0.2) is 24.1 Å². The molecule has 9 N–H and O–H groups in total. The van der Waals surface area contributed by atoms with Crippen molar-refractivity contribution in [2.75, 3.05) is 11.1 Å². The van der Waals surface area contributed by atoms with Crippen LogP contribution >= 0.6 is 0 Å². The van der Waals surface area contributed by atoms with E-state index in [-0.39, 0.29) is 40.5 Å². The third-order valence-corrected chi connectivity index (χ3v) is 6.50. The van der Waals surface area contributed by atoms with Crippen molar-refractivity contribution in [3.8, 4) is 0 Å². The highest BCUT2D eigenvalue weighted by atomic mass is 16.4. The second kappa shape index (κ2) is 11.3. The van der Waals surface area contributed by atoms with E-state index < -0.39 is 52.0 Å². The van der Waals surface area contributed by atoms with Crippen LogP contribution in [0.4, 0.5) is 17.1 Å². The van der Waals surface area contributed by atoms with Crippen LogP contribution in [0.25, 0.3) is 5.78 Å². The fourth-order valence-electron chi connectivity index (χ4n) is 4.25. The zero-order chi connectivity index (χ0) is 31.7. The quantitative estimate of drug-likeness (QED) is 0.0945. The highest BCUT2D eigenvalue weighted by molar-refractivity contribution is 6.00. The Balaban J connectivity index is 1.36. The summed E-state index contributed by atoms with van der Waals surface area (Å²) < 4.78 is 0.791. The molecule has 222 valence electrons. The van der Waals surface area contributed by atoms with Crippen molar-refractivity contribution < 1.29 is 24.3 Å². The van der Waals surface area contributed by atoms with Gasteiger partial charge in [-0.3, -0.25) is 24.0 Å². The molecule has 44 heavy (non-hydrogen) atoms. The summed E-state index contributed by atoms with van der Waals surface area (Å²) in [5.74, 6) is -4.23. The van der Waals surface area contributed by atoms with Crippen LogP contribution < -0.4 is 44.0 Å². The predicted molar refractivity (Wildman–Crippen MR) is 153 cm³/mol. The first-order valence-corrected chi connectivity index (χ1v) is 12.6. The largest absolute Gasteiger partial charge is 0.478 e. The second-order valence-electron chi connectivity index (χ2n) is 9.38. The smallest absolute Gasteiger partial charge is 0.349 e. The van der Waals surface area contributed by atoms with Crippen LogP contribution in [0.2, 0.25) is 0 Å². The Morgan fingerprint density at radius 1 is 0.977 bits per heavy atom. The van der Waals surface area contributed by atoms with Crippen LogP contribution in [0.15, 0.2) is 69.0 Å². The molecule has 0 aliphatic rings. The second-order valence-corrected chi connectivity index (χ2v) is 9.38. The molecule has 0 saturated heterocycles. The fourth-order valence-corrected chi connectivity index (χ4v) is 4.25. The lowest BCUT2D eigenvalue weighted by molar-refractivity contribution is -0.120. The van der Waals surface area contributed by atoms with Crippen molar-refractivity contribution in [2.45, 2.75) is 12.6 Å². The fraction of sp³-hybridized carbons (Fsp3) is 0.0741. The standard InChI is InChI=1S/C27H21N9O8/c28-17-19(21(38)20(17)37)31-14-3-1-2-11(8-14)10-30-23(40)15-9-16(36-26(32-15)34-35-27(36)44)24(41)33-18(22(29)39)12-4-6-13(7-5-12)25(42)43/h1-9,18,31H,10,28H2,(H2,29,39)(H,30,40)(H,33,41)(H,35,44)(H,42,43)/t18-/m1/s1. The molecule has 5 aromatic rings. The molecule has 17 heteroatoms. The van der Waals surface area contributed by atoms with Gasteiger partial charge in [-0.1, -0.05) is 24.3 Å². The van der Waals surface area contributed by atoms with Crippen LogP contribution in [-0.2, 0) is 11.3 Å². The van der Waals surface area contributed by atoms with Crippen molar-refractivity contribution in [3.05, 3.63) is 114 Å². The maximum Gasteiger partial charge on any atom is 0.349 e. The van der Waals surface area contributed by atoms with Gasteiger partial charge in [0.05, 0.1) is 5.56 Å². The number of nitrogens with zero attached hydrogens (tertiary/aromatic N) is 3. The molecule has 0 radical (unpaired) electrons. The average molecular weight is 600 g/mol. The average Bonchev–Trinajstić information content (AvgIpc) is 3.40. The molecule has 0 aliphatic carbocycles. The molecule has 5 rings (SSSR count). The highest BCUT2D eigenvalue weighted by Crippen LogP contribution is 2.19. The number of aromatic nitrogens is 4. The van der Waals surface area contributed by atoms with E-state index in [1.54, 1.807) is 24.3 Å². The number of carbonyl (C=O) groups excluding carboxylic acids is 3. The van der Waals surface area contributed by atoms with Crippen molar-refractivity contribution in [1.82, 2.24) is 30.2 Å². The third-order valence-electron chi connectivity index (χ3n) is 6.50. The molecule has 0 fully saturated rings. The summed E-state index contributed by atoms with van der Waals surface area (Å²) in [6.45, 7) is -0.0341. The number of carbonyl (C=O) groups is 4. The zero-order valence-corrected chi connectivity index (χ0v) is 22.3. The van der Waals surface area contributed by atoms with Crippen molar-refractivity contribution in [1.29, 1.82) is 0 Å². The normalized spacial score (nSPS) is 11.6. The topological polar surface area (TPSA) is 274 Å². The maximum absolute atomic E-state index is 13.3. The highest BCUT2D eigenvalue weighted by Gasteiger charge is 2.25. The number of benzene rings is 2. The Morgan fingerprint density at radius 2 is 1.70 bits per heavy atom. The summed E-state index contributed by atoms with van der Waals surface area (Å²) in [7, 11) is 0. The first-order valence-electron chi connectivity index (χ1n) is 12.6. The van der Waals surface area contributed by atoms with E-state index in [0.717, 1.165) is 10.5 Å². The molecule has 0 spiro atoms. The number of carboxylic acids is 1. The first-order chi connectivity index (χ1) is 20.9. The van der Waals surface area contributed by atoms with Crippen LogP contribution in [0.1, 0.15) is 48.5 Å². The molecule has 0 saturated carbocycles. The van der Waals surface area contributed by atoms with Gasteiger partial charge in [0.25, 0.3) is 28.4 Å². The van der Waals surface area contributed by atoms with Gasteiger partial charge in [0.2, 0.25) is 5.91 Å². The van der Waals surface area contributed by atoms with Gasteiger partial charge in [-0.2, -0.15) is 0 Å². The van der Waals surface area contributed by atoms with Gasteiger partial charge >= 0.3 is 11.7 Å². The molecule has 17 nitrogen and oxygen atoms in total. The summed E-state index contributed by atoms with van der Waals surface area (Å²) >= 11 is 0. The predicted octanol–water partition coefficient (Wildman–Crippen LogP) is -1.08. The molecule has 0 bridgehead atoms.